The summed E-state index contributed by atoms with van der Waals surface area (Å²) in [5.74, 6) is 1.95. The molecule has 0 spiro atoms. The molecule has 3 aliphatic rings. The smallest absolute Gasteiger partial charge is 0.254 e. The van der Waals surface area contributed by atoms with Gasteiger partial charge in [0.15, 0.2) is 0 Å². The largest absolute Gasteiger partial charge is 0.493 e. The molecule has 6 heteroatoms. The molecule has 6 nitrogen and oxygen atoms in total. The van der Waals surface area contributed by atoms with E-state index in [1.165, 1.54) is 12.0 Å². The predicted octanol–water partition coefficient (Wildman–Crippen LogP) is 3.75. The topological polar surface area (TPSA) is 67.4 Å². The molecule has 2 saturated heterocycles. The number of benzene rings is 1. The van der Waals surface area contributed by atoms with Gasteiger partial charge in [-0.3, -0.25) is 4.79 Å². The number of nitrogens with one attached hydrogen (secondary N) is 1. The maximum Gasteiger partial charge on any atom is 0.254 e. The van der Waals surface area contributed by atoms with Crippen LogP contribution in [0, 0.1) is 6.92 Å². The minimum atomic E-state index is 0.182. The van der Waals surface area contributed by atoms with Gasteiger partial charge in [0.2, 0.25) is 0 Å². The Balaban J connectivity index is 1.32. The molecule has 3 atom stereocenters. The van der Waals surface area contributed by atoms with Crippen molar-refractivity contribution in [3.8, 4) is 5.75 Å². The van der Waals surface area contributed by atoms with Gasteiger partial charge in [0.25, 0.3) is 5.91 Å². The zero-order valence-corrected chi connectivity index (χ0v) is 16.9. The van der Waals surface area contributed by atoms with Gasteiger partial charge in [-0.1, -0.05) is 0 Å². The summed E-state index contributed by atoms with van der Waals surface area (Å²) in [5, 5.41) is 12.0. The fourth-order valence-electron chi connectivity index (χ4n) is 5.16. The molecule has 4 heterocycles. The fourth-order valence-corrected chi connectivity index (χ4v) is 5.16. The lowest BCUT2D eigenvalue weighted by molar-refractivity contribution is 0.0259. The van der Waals surface area contributed by atoms with Gasteiger partial charge in [0.05, 0.1) is 12.3 Å². The van der Waals surface area contributed by atoms with Crippen molar-refractivity contribution < 1.29 is 9.53 Å². The first-order chi connectivity index (χ1) is 14.2. The number of fused-ring (bicyclic) bond motifs is 3. The van der Waals surface area contributed by atoms with Crippen LogP contribution in [0.5, 0.6) is 5.75 Å². The Kier molecular flexibility index (Phi) is 4.86. The zero-order chi connectivity index (χ0) is 19.8. The van der Waals surface area contributed by atoms with E-state index in [-0.39, 0.29) is 18.0 Å². The molecule has 152 valence electrons. The molecule has 0 saturated carbocycles. The van der Waals surface area contributed by atoms with Gasteiger partial charge in [0.1, 0.15) is 11.6 Å². The van der Waals surface area contributed by atoms with E-state index >= 15 is 0 Å². The van der Waals surface area contributed by atoms with Gasteiger partial charge in [0, 0.05) is 23.7 Å². The van der Waals surface area contributed by atoms with Crippen molar-refractivity contribution in [3.05, 3.63) is 47.2 Å². The van der Waals surface area contributed by atoms with Crippen LogP contribution in [0.2, 0.25) is 0 Å². The molecule has 5 rings (SSSR count). The number of amides is 1. The van der Waals surface area contributed by atoms with Gasteiger partial charge in [-0.25, -0.2) is 0 Å². The van der Waals surface area contributed by atoms with Crippen molar-refractivity contribution >= 4 is 11.7 Å². The molecule has 3 aliphatic heterocycles. The van der Waals surface area contributed by atoms with Crippen molar-refractivity contribution in [2.24, 2.45) is 0 Å². The van der Waals surface area contributed by atoms with Crippen molar-refractivity contribution in [1.29, 1.82) is 0 Å². The monoisotopic (exact) mass is 392 g/mol. The lowest BCUT2D eigenvalue weighted by Gasteiger charge is -2.49. The van der Waals surface area contributed by atoms with E-state index in [2.05, 4.69) is 26.5 Å². The van der Waals surface area contributed by atoms with E-state index in [0.29, 0.717) is 6.04 Å². The Morgan fingerprint density at radius 1 is 1.10 bits per heavy atom. The van der Waals surface area contributed by atoms with Gasteiger partial charge >= 0.3 is 0 Å². The molecule has 2 fully saturated rings. The van der Waals surface area contributed by atoms with Crippen LogP contribution in [-0.4, -0.2) is 45.7 Å². The number of hydrogen-bond donors (Lipinski definition) is 1. The number of hydrogen-bond acceptors (Lipinski definition) is 5. The average Bonchev–Trinajstić information content (AvgIpc) is 2.74. The first-order valence-corrected chi connectivity index (χ1v) is 10.8. The quantitative estimate of drug-likeness (QED) is 0.862. The number of piperidine rings is 2. The summed E-state index contributed by atoms with van der Waals surface area (Å²) >= 11 is 0. The minimum absolute atomic E-state index is 0.182. The van der Waals surface area contributed by atoms with Crippen molar-refractivity contribution in [3.63, 3.8) is 0 Å². The third-order valence-electron chi connectivity index (χ3n) is 6.51. The number of nitrogens with zero attached hydrogens (tertiary/aromatic N) is 3. The minimum Gasteiger partial charge on any atom is -0.493 e. The summed E-state index contributed by atoms with van der Waals surface area (Å²) in [4.78, 5) is 15.6. The van der Waals surface area contributed by atoms with E-state index in [1.807, 2.05) is 31.2 Å². The summed E-state index contributed by atoms with van der Waals surface area (Å²) in [7, 11) is 0. The molecular formula is C23H28N4O2. The van der Waals surface area contributed by atoms with Crippen molar-refractivity contribution in [1.82, 2.24) is 15.1 Å². The summed E-state index contributed by atoms with van der Waals surface area (Å²) in [6.45, 7) is 2.72. The normalized spacial score (nSPS) is 25.7. The SMILES string of the molecule is Cc1ccc(NC2C[C@H]3CCC[C@@H](C2)N3C(=O)c2ccc3c(c2)CCCO3)nn1. The first kappa shape index (κ1) is 18.4. The van der Waals surface area contributed by atoms with E-state index in [1.54, 1.807) is 0 Å². The lowest BCUT2D eigenvalue weighted by Crippen LogP contribution is -2.57. The zero-order valence-electron chi connectivity index (χ0n) is 16.9. The summed E-state index contributed by atoms with van der Waals surface area (Å²) in [6, 6.07) is 10.9. The highest BCUT2D eigenvalue weighted by molar-refractivity contribution is 5.95. The number of rotatable bonds is 3. The van der Waals surface area contributed by atoms with E-state index < -0.39 is 0 Å². The predicted molar refractivity (Wildman–Crippen MR) is 111 cm³/mol. The van der Waals surface area contributed by atoms with Gasteiger partial charge < -0.3 is 15.0 Å². The van der Waals surface area contributed by atoms with Crippen LogP contribution >= 0.6 is 0 Å². The number of anilines is 1. The lowest BCUT2D eigenvalue weighted by atomic mass is 9.81. The Labute approximate surface area is 171 Å². The van der Waals surface area contributed by atoms with Gasteiger partial charge in [-0.05, 0) is 87.8 Å². The third-order valence-corrected chi connectivity index (χ3v) is 6.51. The van der Waals surface area contributed by atoms with Crippen LogP contribution in [0.3, 0.4) is 0 Å². The molecule has 1 aromatic carbocycles. The van der Waals surface area contributed by atoms with Gasteiger partial charge in [-0.15, -0.1) is 5.10 Å². The van der Waals surface area contributed by atoms with Crippen LogP contribution in [-0.2, 0) is 6.42 Å². The molecule has 29 heavy (non-hydrogen) atoms. The number of carbonyl (C=O) groups is 1. The Hall–Kier alpha value is -2.63. The Bertz CT molecular complexity index is 884. The second-order valence-corrected chi connectivity index (χ2v) is 8.60. The highest BCUT2D eigenvalue weighted by Crippen LogP contribution is 2.37. The van der Waals surface area contributed by atoms with E-state index in [9.17, 15) is 4.79 Å². The Morgan fingerprint density at radius 3 is 2.69 bits per heavy atom. The number of aromatic nitrogens is 2. The van der Waals surface area contributed by atoms with E-state index in [4.69, 9.17) is 4.74 Å². The van der Waals surface area contributed by atoms with E-state index in [0.717, 1.165) is 68.0 Å². The summed E-state index contributed by atoms with van der Waals surface area (Å²) in [5.41, 5.74) is 2.90. The average molecular weight is 393 g/mol. The fraction of sp³-hybridized carbons (Fsp3) is 0.522. The number of ether oxygens (including phenoxy) is 1. The second kappa shape index (κ2) is 7.65. The molecule has 0 radical (unpaired) electrons. The summed E-state index contributed by atoms with van der Waals surface area (Å²) in [6.07, 6.45) is 7.30. The highest BCUT2D eigenvalue weighted by atomic mass is 16.5. The van der Waals surface area contributed by atoms with Gasteiger partial charge in [-0.2, -0.15) is 5.10 Å². The van der Waals surface area contributed by atoms with Crippen LogP contribution < -0.4 is 10.1 Å². The van der Waals surface area contributed by atoms with Crippen LogP contribution in [0.25, 0.3) is 0 Å². The van der Waals surface area contributed by atoms with Crippen LogP contribution in [0.1, 0.15) is 60.1 Å². The molecule has 2 aromatic rings. The third kappa shape index (κ3) is 3.68. The van der Waals surface area contributed by atoms with Crippen molar-refractivity contribution in [2.75, 3.05) is 11.9 Å². The number of carbonyl (C=O) groups excluding carboxylic acids is 1. The molecule has 1 amide bonds. The standard InChI is InChI=1S/C23H28N4O2/c1-15-7-10-22(26-25-15)24-18-13-19-5-2-6-20(14-18)27(19)23(28)17-8-9-21-16(12-17)4-3-11-29-21/h7-10,12,18-20H,2-6,11,13-14H2,1H3,(H,24,26)/t18?,19-,20+. The molecular weight excluding hydrogens is 364 g/mol. The number of aryl methyl sites for hydroxylation is 2. The Morgan fingerprint density at radius 2 is 1.93 bits per heavy atom. The molecule has 1 N–H and O–H groups in total. The van der Waals surface area contributed by atoms with Crippen LogP contribution in [0.15, 0.2) is 30.3 Å². The molecule has 2 bridgehead atoms. The van der Waals surface area contributed by atoms with Crippen molar-refractivity contribution in [2.45, 2.75) is 70.0 Å². The molecule has 1 aromatic heterocycles. The maximum absolute atomic E-state index is 13.4. The summed E-state index contributed by atoms with van der Waals surface area (Å²) < 4.78 is 5.71. The second-order valence-electron chi connectivity index (χ2n) is 8.60. The first-order valence-electron chi connectivity index (χ1n) is 10.8. The highest BCUT2D eigenvalue weighted by Gasteiger charge is 2.41. The van der Waals surface area contributed by atoms with Crippen LogP contribution in [0.4, 0.5) is 5.82 Å². The molecule has 0 aliphatic carbocycles. The molecule has 1 unspecified atom stereocenters. The maximum atomic E-state index is 13.4.